The summed E-state index contributed by atoms with van der Waals surface area (Å²) in [6, 6.07) is -0.356. The molecule has 0 aliphatic carbocycles. The smallest absolute Gasteiger partial charge is 0.393 e. The number of carbonyl (C=O) groups is 1. The normalized spacial score (nSPS) is 30.7. The Bertz CT molecular complexity index is 355. The average Bonchev–Trinajstić information content (AvgIpc) is 2.92. The molecule has 2 N–H and O–H groups in total. The maximum absolute atomic E-state index is 12.6. The van der Waals surface area contributed by atoms with Gasteiger partial charge in [0, 0.05) is 25.7 Å². The summed E-state index contributed by atoms with van der Waals surface area (Å²) in [5, 5.41) is 11.7. The van der Waals surface area contributed by atoms with Crippen molar-refractivity contribution in [1.82, 2.24) is 10.2 Å². The van der Waals surface area contributed by atoms with Gasteiger partial charge in [0.2, 0.25) is 5.91 Å². The second kappa shape index (κ2) is 6.96. The number of hydrogen-bond donors (Lipinski definition) is 2. The Morgan fingerprint density at radius 1 is 1.29 bits per heavy atom. The van der Waals surface area contributed by atoms with E-state index in [4.69, 9.17) is 5.11 Å². The van der Waals surface area contributed by atoms with Gasteiger partial charge in [0.25, 0.3) is 0 Å². The van der Waals surface area contributed by atoms with Crippen LogP contribution in [-0.4, -0.2) is 53.9 Å². The zero-order chi connectivity index (χ0) is 15.5. The van der Waals surface area contributed by atoms with E-state index in [1.807, 2.05) is 0 Å². The van der Waals surface area contributed by atoms with Gasteiger partial charge in [-0.1, -0.05) is 0 Å². The monoisotopic (exact) mass is 308 g/mol. The number of amides is 1. The van der Waals surface area contributed by atoms with Crippen molar-refractivity contribution < 1.29 is 23.1 Å². The number of alkyl halides is 3. The Balaban J connectivity index is 1.86. The van der Waals surface area contributed by atoms with Crippen molar-refractivity contribution >= 4 is 5.91 Å². The highest BCUT2D eigenvalue weighted by Gasteiger charge is 2.43. The number of nitrogens with one attached hydrogen (secondary N) is 1. The van der Waals surface area contributed by atoms with Crippen LogP contribution in [0.4, 0.5) is 13.2 Å². The first kappa shape index (κ1) is 16.5. The first-order valence-electron chi connectivity index (χ1n) is 7.65. The van der Waals surface area contributed by atoms with Gasteiger partial charge in [0.15, 0.2) is 0 Å². The molecule has 2 rings (SSSR count). The molecule has 0 aromatic carbocycles. The van der Waals surface area contributed by atoms with E-state index in [2.05, 4.69) is 5.32 Å². The standard InChI is InChI=1S/C14H23F3N2O2/c15-14(16,17)10-5-6-12(18-9-10)13(21)19-7-1-3-11(19)4-2-8-20/h10-12,18,20H,1-9H2. The van der Waals surface area contributed by atoms with Gasteiger partial charge in [0.05, 0.1) is 12.0 Å². The van der Waals surface area contributed by atoms with Gasteiger partial charge in [-0.05, 0) is 38.5 Å². The third-order valence-corrected chi connectivity index (χ3v) is 4.53. The van der Waals surface area contributed by atoms with E-state index in [1.54, 1.807) is 4.90 Å². The molecule has 2 fully saturated rings. The molecule has 3 atom stereocenters. The van der Waals surface area contributed by atoms with Crippen LogP contribution in [0.15, 0.2) is 0 Å². The molecule has 2 aliphatic heterocycles. The van der Waals surface area contributed by atoms with Crippen LogP contribution >= 0.6 is 0 Å². The first-order valence-corrected chi connectivity index (χ1v) is 7.65. The molecule has 0 aromatic heterocycles. The lowest BCUT2D eigenvalue weighted by Crippen LogP contribution is -2.53. The number of nitrogens with zero attached hydrogens (tertiary/aromatic N) is 1. The molecule has 0 bridgehead atoms. The van der Waals surface area contributed by atoms with E-state index >= 15 is 0 Å². The topological polar surface area (TPSA) is 52.6 Å². The van der Waals surface area contributed by atoms with Crippen molar-refractivity contribution in [3.63, 3.8) is 0 Å². The van der Waals surface area contributed by atoms with Gasteiger partial charge in [0.1, 0.15) is 0 Å². The van der Waals surface area contributed by atoms with Crippen molar-refractivity contribution in [1.29, 1.82) is 0 Å². The van der Waals surface area contributed by atoms with E-state index in [0.29, 0.717) is 13.0 Å². The van der Waals surface area contributed by atoms with Gasteiger partial charge in [-0.2, -0.15) is 13.2 Å². The van der Waals surface area contributed by atoms with Crippen LogP contribution in [0.3, 0.4) is 0 Å². The molecule has 0 saturated carbocycles. The summed E-state index contributed by atoms with van der Waals surface area (Å²) in [5.41, 5.74) is 0. The third kappa shape index (κ3) is 4.10. The zero-order valence-corrected chi connectivity index (χ0v) is 12.0. The molecule has 2 aliphatic rings. The summed E-state index contributed by atoms with van der Waals surface area (Å²) in [6.45, 7) is 0.609. The molecule has 0 radical (unpaired) electrons. The molecule has 3 unspecified atom stereocenters. The maximum Gasteiger partial charge on any atom is 0.393 e. The van der Waals surface area contributed by atoms with Crippen molar-refractivity contribution in [2.45, 2.75) is 56.8 Å². The minimum absolute atomic E-state index is 0.0159. The number of aliphatic hydroxyl groups excluding tert-OH is 1. The van der Waals surface area contributed by atoms with Crippen LogP contribution in [0.2, 0.25) is 0 Å². The predicted octanol–water partition coefficient (Wildman–Crippen LogP) is 1.68. The number of piperidine rings is 1. The first-order chi connectivity index (χ1) is 9.93. The molecule has 2 heterocycles. The molecule has 0 spiro atoms. The predicted molar refractivity (Wildman–Crippen MR) is 71.6 cm³/mol. The van der Waals surface area contributed by atoms with E-state index in [0.717, 1.165) is 19.3 Å². The van der Waals surface area contributed by atoms with Crippen LogP contribution in [0, 0.1) is 5.92 Å². The van der Waals surface area contributed by atoms with E-state index in [-0.39, 0.29) is 37.9 Å². The fourth-order valence-electron chi connectivity index (χ4n) is 3.30. The molecule has 21 heavy (non-hydrogen) atoms. The summed E-state index contributed by atoms with van der Waals surface area (Å²) in [6.07, 6.45) is -0.654. The maximum atomic E-state index is 12.6. The fraction of sp³-hybridized carbons (Fsp3) is 0.929. The van der Waals surface area contributed by atoms with Crippen molar-refractivity contribution in [3.05, 3.63) is 0 Å². The van der Waals surface area contributed by atoms with Gasteiger partial charge in [-0.15, -0.1) is 0 Å². The highest BCUT2D eigenvalue weighted by Crippen LogP contribution is 2.33. The summed E-state index contributed by atoms with van der Waals surface area (Å²) in [7, 11) is 0. The van der Waals surface area contributed by atoms with Gasteiger partial charge < -0.3 is 15.3 Å². The Morgan fingerprint density at radius 2 is 2.05 bits per heavy atom. The van der Waals surface area contributed by atoms with Gasteiger partial charge >= 0.3 is 6.18 Å². The highest BCUT2D eigenvalue weighted by molar-refractivity contribution is 5.82. The summed E-state index contributed by atoms with van der Waals surface area (Å²) >= 11 is 0. The summed E-state index contributed by atoms with van der Waals surface area (Å²) in [5.74, 6) is -1.42. The minimum Gasteiger partial charge on any atom is -0.396 e. The summed E-state index contributed by atoms with van der Waals surface area (Å²) in [4.78, 5) is 14.2. The SMILES string of the molecule is O=C(C1CCC(C(F)(F)F)CN1)N1CCCC1CCCO. The second-order valence-electron chi connectivity index (χ2n) is 5.97. The Morgan fingerprint density at radius 3 is 2.62 bits per heavy atom. The van der Waals surface area contributed by atoms with E-state index in [1.165, 1.54) is 0 Å². The molecular weight excluding hydrogens is 285 g/mol. The van der Waals surface area contributed by atoms with Gasteiger partial charge in [-0.25, -0.2) is 0 Å². The number of hydrogen-bond acceptors (Lipinski definition) is 3. The van der Waals surface area contributed by atoms with Crippen LogP contribution in [0.25, 0.3) is 0 Å². The molecule has 2 saturated heterocycles. The van der Waals surface area contributed by atoms with E-state index in [9.17, 15) is 18.0 Å². The Kier molecular flexibility index (Phi) is 5.48. The third-order valence-electron chi connectivity index (χ3n) is 4.53. The van der Waals surface area contributed by atoms with Crippen LogP contribution in [-0.2, 0) is 4.79 Å². The lowest BCUT2D eigenvalue weighted by atomic mass is 9.93. The number of rotatable bonds is 4. The molecule has 0 aromatic rings. The largest absolute Gasteiger partial charge is 0.396 e. The number of aliphatic hydroxyl groups is 1. The quantitative estimate of drug-likeness (QED) is 0.831. The van der Waals surface area contributed by atoms with Gasteiger partial charge in [-0.3, -0.25) is 4.79 Å². The zero-order valence-electron chi connectivity index (χ0n) is 12.0. The molecule has 1 amide bonds. The lowest BCUT2D eigenvalue weighted by molar-refractivity contribution is -0.180. The number of carbonyl (C=O) groups excluding carboxylic acids is 1. The molecule has 4 nitrogen and oxygen atoms in total. The minimum atomic E-state index is -4.18. The molecule has 7 heteroatoms. The summed E-state index contributed by atoms with van der Waals surface area (Å²) < 4.78 is 37.8. The highest BCUT2D eigenvalue weighted by atomic mass is 19.4. The lowest BCUT2D eigenvalue weighted by Gasteiger charge is -2.34. The Hall–Kier alpha value is -0.820. The average molecular weight is 308 g/mol. The molecule has 122 valence electrons. The van der Waals surface area contributed by atoms with Crippen molar-refractivity contribution in [2.75, 3.05) is 19.7 Å². The Labute approximate surface area is 122 Å². The van der Waals surface area contributed by atoms with E-state index < -0.39 is 18.1 Å². The number of halogens is 3. The second-order valence-corrected chi connectivity index (χ2v) is 5.97. The van der Waals surface area contributed by atoms with Crippen LogP contribution in [0.5, 0.6) is 0 Å². The van der Waals surface area contributed by atoms with Crippen molar-refractivity contribution in [3.8, 4) is 0 Å². The number of likely N-dealkylation sites (tertiary alicyclic amines) is 1. The van der Waals surface area contributed by atoms with Crippen molar-refractivity contribution in [2.24, 2.45) is 5.92 Å². The van der Waals surface area contributed by atoms with Crippen LogP contribution in [0.1, 0.15) is 38.5 Å². The fourth-order valence-corrected chi connectivity index (χ4v) is 3.30. The molecular formula is C14H23F3N2O2. The van der Waals surface area contributed by atoms with Crippen LogP contribution < -0.4 is 5.32 Å².